The summed E-state index contributed by atoms with van der Waals surface area (Å²) in [6.07, 6.45) is 6.65. The van der Waals surface area contributed by atoms with Crippen LogP contribution in [-0.4, -0.2) is 41.1 Å². The molecule has 0 radical (unpaired) electrons. The second kappa shape index (κ2) is 9.08. The van der Waals surface area contributed by atoms with Crippen LogP contribution in [0, 0.1) is 0 Å². The van der Waals surface area contributed by atoms with E-state index in [1.807, 2.05) is 26.2 Å². The first-order valence-corrected chi connectivity index (χ1v) is 12.1. The van der Waals surface area contributed by atoms with Gasteiger partial charge in [0, 0.05) is 59.7 Å². The van der Waals surface area contributed by atoms with Gasteiger partial charge in [-0.2, -0.15) is 4.98 Å². The Hall–Kier alpha value is -2.64. The second-order valence-corrected chi connectivity index (χ2v) is 9.78. The highest BCUT2D eigenvalue weighted by molar-refractivity contribution is 9.10. The van der Waals surface area contributed by atoms with E-state index in [4.69, 9.17) is 9.97 Å². The molecule has 1 fully saturated rings. The number of anilines is 2. The van der Waals surface area contributed by atoms with Gasteiger partial charge in [-0.25, -0.2) is 4.98 Å². The normalized spacial score (nSPS) is 18.8. The van der Waals surface area contributed by atoms with Crippen molar-refractivity contribution >= 4 is 49.5 Å². The van der Waals surface area contributed by atoms with Crippen LogP contribution >= 0.6 is 15.9 Å². The fourth-order valence-electron chi connectivity index (χ4n) is 4.64. The number of nitrogens with one attached hydrogen (secondary N) is 3. The number of rotatable bonds is 6. The second-order valence-electron chi connectivity index (χ2n) is 8.86. The zero-order valence-electron chi connectivity index (χ0n) is 18.5. The van der Waals surface area contributed by atoms with E-state index < -0.39 is 0 Å². The first-order valence-electron chi connectivity index (χ1n) is 11.3. The highest BCUT2D eigenvalue weighted by Gasteiger charge is 2.22. The highest BCUT2D eigenvalue weighted by Crippen LogP contribution is 2.27. The summed E-state index contributed by atoms with van der Waals surface area (Å²) in [6.45, 7) is 0.888. The molecule has 0 aliphatic heterocycles. The van der Waals surface area contributed by atoms with Crippen molar-refractivity contribution in [3.8, 4) is 0 Å². The monoisotopic (exact) mass is 492 g/mol. The number of hydrogen-bond acceptors (Lipinski definition) is 5. The summed E-state index contributed by atoms with van der Waals surface area (Å²) in [5.74, 6) is 1.69. The molecule has 1 aliphatic rings. The van der Waals surface area contributed by atoms with Crippen molar-refractivity contribution < 1.29 is 0 Å². The number of aromatic nitrogens is 3. The quantitative estimate of drug-likeness (QED) is 0.333. The Labute approximate surface area is 197 Å². The van der Waals surface area contributed by atoms with Crippen LogP contribution in [0.4, 0.5) is 11.8 Å². The summed E-state index contributed by atoms with van der Waals surface area (Å²) >= 11 is 3.58. The van der Waals surface area contributed by atoms with Gasteiger partial charge in [0.25, 0.3) is 0 Å². The van der Waals surface area contributed by atoms with E-state index in [-0.39, 0.29) is 0 Å². The molecule has 1 aliphatic carbocycles. The molecule has 7 heteroatoms. The number of H-pyrrole nitrogens is 1. The summed E-state index contributed by atoms with van der Waals surface area (Å²) in [5, 5.41) is 9.74. The molecule has 6 nitrogen and oxygen atoms in total. The fraction of sp³-hybridized carbons (Fsp3) is 0.360. The molecule has 4 aromatic rings. The first kappa shape index (κ1) is 21.2. The average molecular weight is 493 g/mol. The van der Waals surface area contributed by atoms with E-state index in [0.29, 0.717) is 12.1 Å². The molecule has 0 amide bonds. The van der Waals surface area contributed by atoms with Gasteiger partial charge in [0.15, 0.2) is 0 Å². The van der Waals surface area contributed by atoms with Crippen LogP contribution in [0.1, 0.15) is 31.2 Å². The molecule has 166 valence electrons. The topological polar surface area (TPSA) is 68.9 Å². The summed E-state index contributed by atoms with van der Waals surface area (Å²) in [4.78, 5) is 15.0. The van der Waals surface area contributed by atoms with Crippen LogP contribution in [-0.2, 0) is 6.54 Å². The van der Waals surface area contributed by atoms with Gasteiger partial charge in [-0.3, -0.25) is 0 Å². The molecule has 0 spiro atoms. The SMILES string of the molecule is CN(C)c1nc(N[C@H]2CC[C@@H](NCc3c[nH]c4ccc(Br)cc34)CC2)nc2ccccc12. The Bertz CT molecular complexity index is 1230. The van der Waals surface area contributed by atoms with Crippen molar-refractivity contribution in [2.75, 3.05) is 24.3 Å². The molecule has 2 aromatic carbocycles. The van der Waals surface area contributed by atoms with Gasteiger partial charge in [-0.1, -0.05) is 28.1 Å². The van der Waals surface area contributed by atoms with Crippen molar-refractivity contribution in [1.29, 1.82) is 0 Å². The molecule has 1 saturated carbocycles. The maximum Gasteiger partial charge on any atom is 0.225 e. The molecule has 5 rings (SSSR count). The molecule has 3 N–H and O–H groups in total. The van der Waals surface area contributed by atoms with Crippen molar-refractivity contribution in [3.05, 3.63) is 58.7 Å². The first-order chi connectivity index (χ1) is 15.6. The van der Waals surface area contributed by atoms with Crippen LogP contribution in [0.2, 0.25) is 0 Å². The Balaban J connectivity index is 1.19. The van der Waals surface area contributed by atoms with E-state index >= 15 is 0 Å². The predicted molar refractivity (Wildman–Crippen MR) is 136 cm³/mol. The number of nitrogens with zero attached hydrogens (tertiary/aromatic N) is 3. The highest BCUT2D eigenvalue weighted by atomic mass is 79.9. The number of benzene rings is 2. The fourth-order valence-corrected chi connectivity index (χ4v) is 5.00. The Morgan fingerprint density at radius 1 is 1.00 bits per heavy atom. The average Bonchev–Trinajstić information content (AvgIpc) is 3.20. The van der Waals surface area contributed by atoms with E-state index in [2.05, 4.69) is 73.0 Å². The molecular weight excluding hydrogens is 464 g/mol. The van der Waals surface area contributed by atoms with Crippen molar-refractivity contribution in [3.63, 3.8) is 0 Å². The zero-order chi connectivity index (χ0) is 22.1. The van der Waals surface area contributed by atoms with Crippen molar-refractivity contribution in [2.24, 2.45) is 0 Å². The minimum Gasteiger partial charge on any atom is -0.362 e. The molecule has 0 atom stereocenters. The number of hydrogen-bond donors (Lipinski definition) is 3. The molecule has 0 saturated heterocycles. The summed E-state index contributed by atoms with van der Waals surface area (Å²) in [5.41, 5.74) is 3.49. The van der Waals surface area contributed by atoms with Gasteiger partial charge >= 0.3 is 0 Å². The molecule has 0 bridgehead atoms. The smallest absolute Gasteiger partial charge is 0.225 e. The minimum absolute atomic E-state index is 0.410. The number of halogens is 1. The van der Waals surface area contributed by atoms with Crippen LogP contribution in [0.15, 0.2) is 53.1 Å². The maximum atomic E-state index is 4.80. The zero-order valence-corrected chi connectivity index (χ0v) is 20.1. The molecule has 0 unspecified atom stereocenters. The maximum absolute atomic E-state index is 4.80. The van der Waals surface area contributed by atoms with E-state index in [1.165, 1.54) is 16.5 Å². The third kappa shape index (κ3) is 4.45. The van der Waals surface area contributed by atoms with Crippen LogP contribution < -0.4 is 15.5 Å². The van der Waals surface area contributed by atoms with Crippen LogP contribution in [0.5, 0.6) is 0 Å². The Morgan fingerprint density at radius 2 is 1.78 bits per heavy atom. The molecular formula is C25H29BrN6. The van der Waals surface area contributed by atoms with Gasteiger partial charge in [0.1, 0.15) is 5.82 Å². The van der Waals surface area contributed by atoms with Gasteiger partial charge in [-0.15, -0.1) is 0 Å². The lowest BCUT2D eigenvalue weighted by Crippen LogP contribution is -2.36. The predicted octanol–water partition coefficient (Wildman–Crippen LogP) is 5.45. The Morgan fingerprint density at radius 3 is 2.59 bits per heavy atom. The van der Waals surface area contributed by atoms with Crippen LogP contribution in [0.3, 0.4) is 0 Å². The molecule has 2 heterocycles. The molecule has 32 heavy (non-hydrogen) atoms. The van der Waals surface area contributed by atoms with Crippen molar-refractivity contribution in [2.45, 2.75) is 44.3 Å². The third-order valence-electron chi connectivity index (χ3n) is 6.38. The number of fused-ring (bicyclic) bond motifs is 2. The molecule has 2 aromatic heterocycles. The Kier molecular flexibility index (Phi) is 6.02. The minimum atomic E-state index is 0.410. The summed E-state index contributed by atoms with van der Waals surface area (Å²) in [6, 6.07) is 15.5. The standard InChI is InChI=1S/C25H29BrN6/c1-32(2)24-20-5-3-4-6-23(20)30-25(31-24)29-19-10-8-18(9-11-19)27-14-16-15-28-22-12-7-17(26)13-21(16)22/h3-7,12-13,15,18-19,27-28H,8-11,14H2,1-2H3,(H,29,30,31)/t18-,19+. The third-order valence-corrected chi connectivity index (χ3v) is 6.87. The lowest BCUT2D eigenvalue weighted by Gasteiger charge is -2.30. The van der Waals surface area contributed by atoms with Gasteiger partial charge < -0.3 is 20.5 Å². The summed E-state index contributed by atoms with van der Waals surface area (Å²) in [7, 11) is 4.06. The number of para-hydroxylation sites is 1. The lowest BCUT2D eigenvalue weighted by molar-refractivity contribution is 0.352. The lowest BCUT2D eigenvalue weighted by atomic mass is 9.91. The van der Waals surface area contributed by atoms with Gasteiger partial charge in [0.2, 0.25) is 5.95 Å². The van der Waals surface area contributed by atoms with E-state index in [1.54, 1.807) is 0 Å². The van der Waals surface area contributed by atoms with Gasteiger partial charge in [0.05, 0.1) is 5.52 Å². The number of aromatic amines is 1. The van der Waals surface area contributed by atoms with Gasteiger partial charge in [-0.05, 0) is 61.6 Å². The summed E-state index contributed by atoms with van der Waals surface area (Å²) < 4.78 is 1.12. The van der Waals surface area contributed by atoms with Crippen LogP contribution in [0.25, 0.3) is 21.8 Å². The largest absolute Gasteiger partial charge is 0.362 e. The van der Waals surface area contributed by atoms with Crippen molar-refractivity contribution in [1.82, 2.24) is 20.3 Å². The van der Waals surface area contributed by atoms with E-state index in [9.17, 15) is 0 Å². The van der Waals surface area contributed by atoms with E-state index in [0.717, 1.165) is 59.4 Å².